The van der Waals surface area contributed by atoms with Crippen LogP contribution < -0.4 is 5.32 Å². The van der Waals surface area contributed by atoms with Crippen molar-refractivity contribution in [2.75, 3.05) is 11.9 Å². The first-order valence-corrected chi connectivity index (χ1v) is 9.11. The van der Waals surface area contributed by atoms with Gasteiger partial charge in [0.2, 0.25) is 11.8 Å². The number of anilines is 1. The molecule has 0 unspecified atom stereocenters. The van der Waals surface area contributed by atoms with Crippen molar-refractivity contribution in [3.8, 4) is 0 Å². The van der Waals surface area contributed by atoms with E-state index in [1.54, 1.807) is 36.9 Å². The molecule has 0 aliphatic rings. The fourth-order valence-corrected chi connectivity index (χ4v) is 3.00. The Labute approximate surface area is 164 Å². The summed E-state index contributed by atoms with van der Waals surface area (Å²) in [5.41, 5.74) is 0.0497. The van der Waals surface area contributed by atoms with Gasteiger partial charge in [-0.3, -0.25) is 9.59 Å². The van der Waals surface area contributed by atoms with E-state index in [1.807, 2.05) is 37.3 Å². The molecular weight excluding hydrogens is 371 g/mol. The Morgan fingerprint density at radius 2 is 1.58 bits per heavy atom. The van der Waals surface area contributed by atoms with Crippen LogP contribution in [0.3, 0.4) is 0 Å². The van der Waals surface area contributed by atoms with Crippen molar-refractivity contribution in [1.29, 1.82) is 0 Å². The van der Waals surface area contributed by atoms with Crippen LogP contribution in [0.2, 0.25) is 10.0 Å². The van der Waals surface area contributed by atoms with Gasteiger partial charge in [-0.15, -0.1) is 0 Å². The second kappa shape index (κ2) is 8.56. The summed E-state index contributed by atoms with van der Waals surface area (Å²) in [5, 5.41) is 3.34. The molecule has 138 valence electrons. The minimum absolute atomic E-state index is 0.260. The van der Waals surface area contributed by atoms with Crippen molar-refractivity contribution in [2.45, 2.75) is 27.3 Å². The first-order chi connectivity index (χ1) is 12.3. The van der Waals surface area contributed by atoms with Crippen molar-refractivity contribution in [2.24, 2.45) is 5.41 Å². The van der Waals surface area contributed by atoms with Gasteiger partial charge < -0.3 is 10.2 Å². The lowest BCUT2D eigenvalue weighted by molar-refractivity contribution is -0.146. The number of benzene rings is 2. The maximum atomic E-state index is 13.0. The standard InChI is InChI=1S/C20H22Cl2N2O2/c1-4-24(13-14-9-6-5-7-10-14)19(26)20(2,3)18(25)23-17-15(21)11-8-12-16(17)22/h5-12H,4,13H2,1-3H3,(H,23,25). The summed E-state index contributed by atoms with van der Waals surface area (Å²) in [6.07, 6.45) is 0. The monoisotopic (exact) mass is 392 g/mol. The Morgan fingerprint density at radius 1 is 1.00 bits per heavy atom. The van der Waals surface area contributed by atoms with Crippen LogP contribution in [0.15, 0.2) is 48.5 Å². The third kappa shape index (κ3) is 4.57. The quantitative estimate of drug-likeness (QED) is 0.702. The highest BCUT2D eigenvalue weighted by Gasteiger charge is 2.39. The van der Waals surface area contributed by atoms with Gasteiger partial charge in [-0.2, -0.15) is 0 Å². The third-order valence-electron chi connectivity index (χ3n) is 4.19. The predicted octanol–water partition coefficient (Wildman–Crippen LogP) is 5.01. The molecule has 0 saturated carbocycles. The van der Waals surface area contributed by atoms with E-state index < -0.39 is 11.3 Å². The molecule has 2 rings (SSSR count). The number of para-hydroxylation sites is 1. The fraction of sp³-hybridized carbons (Fsp3) is 0.300. The second-order valence-corrected chi connectivity index (χ2v) is 7.30. The van der Waals surface area contributed by atoms with Crippen LogP contribution in [0.5, 0.6) is 0 Å². The average molecular weight is 393 g/mol. The van der Waals surface area contributed by atoms with E-state index in [0.717, 1.165) is 5.56 Å². The molecule has 0 bridgehead atoms. The molecular formula is C20H22Cl2N2O2. The second-order valence-electron chi connectivity index (χ2n) is 6.48. The molecule has 0 aromatic heterocycles. The lowest BCUT2D eigenvalue weighted by Gasteiger charge is -2.30. The van der Waals surface area contributed by atoms with Crippen molar-refractivity contribution < 1.29 is 9.59 Å². The normalized spacial score (nSPS) is 11.1. The lowest BCUT2D eigenvalue weighted by atomic mass is 9.90. The topological polar surface area (TPSA) is 49.4 Å². The molecule has 26 heavy (non-hydrogen) atoms. The van der Waals surface area contributed by atoms with Gasteiger partial charge >= 0.3 is 0 Å². The molecule has 2 aromatic carbocycles. The van der Waals surface area contributed by atoms with Crippen molar-refractivity contribution >= 4 is 40.7 Å². The maximum Gasteiger partial charge on any atom is 0.239 e. The van der Waals surface area contributed by atoms with E-state index in [9.17, 15) is 9.59 Å². The van der Waals surface area contributed by atoms with E-state index >= 15 is 0 Å². The first-order valence-electron chi connectivity index (χ1n) is 8.36. The molecule has 2 aromatic rings. The summed E-state index contributed by atoms with van der Waals surface area (Å²) >= 11 is 12.2. The number of carbonyl (C=O) groups is 2. The number of carbonyl (C=O) groups excluding carboxylic acids is 2. The Hall–Kier alpha value is -2.04. The SMILES string of the molecule is CCN(Cc1ccccc1)C(=O)C(C)(C)C(=O)Nc1c(Cl)cccc1Cl. The van der Waals surface area contributed by atoms with Crippen LogP contribution in [0, 0.1) is 5.41 Å². The Kier molecular flexibility index (Phi) is 6.68. The molecule has 0 aliphatic carbocycles. The zero-order valence-corrected chi connectivity index (χ0v) is 16.6. The molecule has 6 heteroatoms. The third-order valence-corrected chi connectivity index (χ3v) is 4.82. The largest absolute Gasteiger partial charge is 0.338 e. The molecule has 0 spiro atoms. The van der Waals surface area contributed by atoms with Gasteiger partial charge in [-0.25, -0.2) is 0 Å². The van der Waals surface area contributed by atoms with E-state index in [2.05, 4.69) is 5.32 Å². The van der Waals surface area contributed by atoms with Gasteiger partial charge in [0.1, 0.15) is 5.41 Å². The highest BCUT2D eigenvalue weighted by Crippen LogP contribution is 2.32. The van der Waals surface area contributed by atoms with Crippen molar-refractivity contribution in [3.05, 3.63) is 64.1 Å². The van der Waals surface area contributed by atoms with E-state index in [4.69, 9.17) is 23.2 Å². The Morgan fingerprint density at radius 3 is 2.12 bits per heavy atom. The molecule has 0 heterocycles. The van der Waals surface area contributed by atoms with Crippen LogP contribution in [-0.2, 0) is 16.1 Å². The molecule has 0 fully saturated rings. The minimum atomic E-state index is -1.27. The molecule has 2 amide bonds. The number of halogens is 2. The fourth-order valence-electron chi connectivity index (χ4n) is 2.51. The summed E-state index contributed by atoms with van der Waals surface area (Å²) < 4.78 is 0. The molecule has 0 atom stereocenters. The number of hydrogen-bond acceptors (Lipinski definition) is 2. The van der Waals surface area contributed by atoms with E-state index in [0.29, 0.717) is 28.8 Å². The van der Waals surface area contributed by atoms with Crippen LogP contribution in [-0.4, -0.2) is 23.3 Å². The molecule has 4 nitrogen and oxygen atoms in total. The summed E-state index contributed by atoms with van der Waals surface area (Å²) in [4.78, 5) is 27.4. The summed E-state index contributed by atoms with van der Waals surface area (Å²) in [6.45, 7) is 6.03. The van der Waals surface area contributed by atoms with Crippen LogP contribution in [0.1, 0.15) is 26.3 Å². The Bertz CT molecular complexity index is 771. The number of nitrogens with one attached hydrogen (secondary N) is 1. The number of rotatable bonds is 6. The number of hydrogen-bond donors (Lipinski definition) is 1. The average Bonchev–Trinajstić information content (AvgIpc) is 2.62. The smallest absolute Gasteiger partial charge is 0.239 e. The highest BCUT2D eigenvalue weighted by atomic mass is 35.5. The van der Waals surface area contributed by atoms with Crippen molar-refractivity contribution in [3.63, 3.8) is 0 Å². The summed E-state index contributed by atoms with van der Waals surface area (Å²) in [5.74, 6) is -0.714. The molecule has 0 radical (unpaired) electrons. The van der Waals surface area contributed by atoms with E-state index in [-0.39, 0.29) is 5.91 Å². The predicted molar refractivity (Wildman–Crippen MR) is 106 cm³/mol. The van der Waals surface area contributed by atoms with Gasteiger partial charge in [0.05, 0.1) is 15.7 Å². The Balaban J connectivity index is 2.18. The summed E-state index contributed by atoms with van der Waals surface area (Å²) in [6, 6.07) is 14.6. The summed E-state index contributed by atoms with van der Waals surface area (Å²) in [7, 11) is 0. The van der Waals surface area contributed by atoms with Gasteiger partial charge in [-0.1, -0.05) is 59.6 Å². The van der Waals surface area contributed by atoms with Crippen molar-refractivity contribution in [1.82, 2.24) is 4.90 Å². The highest BCUT2D eigenvalue weighted by molar-refractivity contribution is 6.40. The minimum Gasteiger partial charge on any atom is -0.338 e. The van der Waals surface area contributed by atoms with Gasteiger partial charge in [0.15, 0.2) is 0 Å². The maximum absolute atomic E-state index is 13.0. The van der Waals surface area contributed by atoms with Gasteiger partial charge in [0.25, 0.3) is 0 Å². The van der Waals surface area contributed by atoms with Crippen LogP contribution in [0.4, 0.5) is 5.69 Å². The number of nitrogens with zero attached hydrogens (tertiary/aromatic N) is 1. The molecule has 0 aliphatic heterocycles. The first kappa shape index (κ1) is 20.3. The lowest BCUT2D eigenvalue weighted by Crippen LogP contribution is -2.47. The molecule has 1 N–H and O–H groups in total. The zero-order valence-electron chi connectivity index (χ0n) is 15.1. The van der Waals surface area contributed by atoms with Gasteiger partial charge in [0, 0.05) is 13.1 Å². The van der Waals surface area contributed by atoms with Crippen LogP contribution >= 0.6 is 23.2 Å². The molecule has 0 saturated heterocycles. The number of amides is 2. The van der Waals surface area contributed by atoms with E-state index in [1.165, 1.54) is 0 Å². The van der Waals surface area contributed by atoms with Crippen LogP contribution in [0.25, 0.3) is 0 Å². The zero-order chi connectivity index (χ0) is 19.3. The van der Waals surface area contributed by atoms with Gasteiger partial charge in [-0.05, 0) is 38.5 Å².